The van der Waals surface area contributed by atoms with Gasteiger partial charge < -0.3 is 0 Å². The Bertz CT molecular complexity index is 299. The number of rotatable bonds is 1. The average molecular weight is 186 g/mol. The van der Waals surface area contributed by atoms with Crippen molar-refractivity contribution >= 4 is 17.3 Å². The summed E-state index contributed by atoms with van der Waals surface area (Å²) < 4.78 is 0. The van der Waals surface area contributed by atoms with Gasteiger partial charge in [-0.25, -0.2) is 9.68 Å². The summed E-state index contributed by atoms with van der Waals surface area (Å²) in [4.78, 5) is 9.93. The van der Waals surface area contributed by atoms with Gasteiger partial charge in [-0.05, 0) is 24.6 Å². The molecule has 1 fully saturated rings. The van der Waals surface area contributed by atoms with Crippen LogP contribution < -0.4 is 5.23 Å². The molecule has 12 heavy (non-hydrogen) atoms. The van der Waals surface area contributed by atoms with Crippen LogP contribution in [0.15, 0.2) is 18.2 Å². The van der Waals surface area contributed by atoms with E-state index in [1.165, 1.54) is 5.23 Å². The lowest BCUT2D eigenvalue weighted by atomic mass is 10.2. The minimum atomic E-state index is 0.311. The molecular weight excluding hydrogens is 178 g/mol. The van der Waals surface area contributed by atoms with Gasteiger partial charge in [0.05, 0.1) is 5.69 Å². The first-order valence-electron chi connectivity index (χ1n) is 3.59. The summed E-state index contributed by atoms with van der Waals surface area (Å²) in [5.74, 6) is 0. The lowest BCUT2D eigenvalue weighted by Crippen LogP contribution is -2.36. The van der Waals surface area contributed by atoms with Crippen molar-refractivity contribution in [1.82, 2.24) is 0 Å². The van der Waals surface area contributed by atoms with Crippen LogP contribution in [-0.2, 0) is 9.68 Å². The molecule has 0 unspecified atom stereocenters. The van der Waals surface area contributed by atoms with Crippen LogP contribution >= 0.6 is 11.6 Å². The van der Waals surface area contributed by atoms with E-state index in [2.05, 4.69) is 0 Å². The highest BCUT2D eigenvalue weighted by Crippen LogP contribution is 2.25. The van der Waals surface area contributed by atoms with E-state index in [0.717, 1.165) is 11.3 Å². The topological polar surface area (TPSA) is 21.7 Å². The fourth-order valence-electron chi connectivity index (χ4n) is 0.950. The molecule has 0 N–H and O–H groups in total. The Morgan fingerprint density at radius 1 is 1.42 bits per heavy atom. The largest absolute Gasteiger partial charge is 0.217 e. The number of anilines is 1. The molecule has 0 atom stereocenters. The standard InChI is InChI=1S/C8H8ClNO2/c1-6-2-3-7(4-8(6)9)10-11-5-12-10/h2-4H,5H2,1H3. The van der Waals surface area contributed by atoms with Crippen LogP contribution in [0, 0.1) is 6.92 Å². The van der Waals surface area contributed by atoms with Gasteiger partial charge in [-0.1, -0.05) is 17.7 Å². The first-order valence-corrected chi connectivity index (χ1v) is 3.97. The van der Waals surface area contributed by atoms with E-state index >= 15 is 0 Å². The lowest BCUT2D eigenvalue weighted by molar-refractivity contribution is -0.277. The van der Waals surface area contributed by atoms with Crippen molar-refractivity contribution in [3.63, 3.8) is 0 Å². The zero-order valence-corrected chi connectivity index (χ0v) is 7.34. The molecule has 0 radical (unpaired) electrons. The Morgan fingerprint density at radius 3 is 2.67 bits per heavy atom. The maximum atomic E-state index is 5.90. The van der Waals surface area contributed by atoms with Crippen molar-refractivity contribution in [3.05, 3.63) is 28.8 Å². The van der Waals surface area contributed by atoms with Gasteiger partial charge in [0.25, 0.3) is 0 Å². The summed E-state index contributed by atoms with van der Waals surface area (Å²) in [5.41, 5.74) is 1.86. The van der Waals surface area contributed by atoms with Gasteiger partial charge in [-0.2, -0.15) is 0 Å². The Hall–Kier alpha value is -0.770. The summed E-state index contributed by atoms with van der Waals surface area (Å²) in [6.45, 7) is 2.26. The second-order valence-corrected chi connectivity index (χ2v) is 2.97. The van der Waals surface area contributed by atoms with E-state index in [-0.39, 0.29) is 0 Å². The Labute approximate surface area is 75.4 Å². The highest BCUT2D eigenvalue weighted by atomic mass is 35.5. The fraction of sp³-hybridized carbons (Fsp3) is 0.250. The summed E-state index contributed by atoms with van der Waals surface area (Å²) in [6.07, 6.45) is 0. The molecule has 4 heteroatoms. The maximum absolute atomic E-state index is 5.90. The molecule has 1 heterocycles. The van der Waals surface area contributed by atoms with Crippen LogP contribution in [0.3, 0.4) is 0 Å². The zero-order chi connectivity index (χ0) is 8.55. The van der Waals surface area contributed by atoms with Gasteiger partial charge in [-0.3, -0.25) is 0 Å². The van der Waals surface area contributed by atoms with E-state index in [1.54, 1.807) is 6.07 Å². The summed E-state index contributed by atoms with van der Waals surface area (Å²) in [7, 11) is 0. The Morgan fingerprint density at radius 2 is 2.17 bits per heavy atom. The predicted octanol–water partition coefficient (Wildman–Crippen LogP) is 2.29. The van der Waals surface area contributed by atoms with Crippen molar-refractivity contribution < 1.29 is 9.68 Å². The number of halogens is 1. The third-order valence-corrected chi connectivity index (χ3v) is 2.11. The highest BCUT2D eigenvalue weighted by Gasteiger charge is 2.17. The van der Waals surface area contributed by atoms with Gasteiger partial charge in [-0.15, -0.1) is 5.23 Å². The van der Waals surface area contributed by atoms with E-state index in [4.69, 9.17) is 21.3 Å². The van der Waals surface area contributed by atoms with Crippen LogP contribution in [0.2, 0.25) is 5.02 Å². The monoisotopic (exact) mass is 185 g/mol. The first-order chi connectivity index (χ1) is 5.77. The predicted molar refractivity (Wildman–Crippen MR) is 45.7 cm³/mol. The van der Waals surface area contributed by atoms with Crippen LogP contribution in [0.5, 0.6) is 0 Å². The van der Waals surface area contributed by atoms with E-state index in [9.17, 15) is 0 Å². The molecule has 0 saturated carbocycles. The van der Waals surface area contributed by atoms with Crippen molar-refractivity contribution in [1.29, 1.82) is 0 Å². The van der Waals surface area contributed by atoms with Crippen molar-refractivity contribution in [2.45, 2.75) is 6.92 Å². The summed E-state index contributed by atoms with van der Waals surface area (Å²) in [6, 6.07) is 5.61. The van der Waals surface area contributed by atoms with Gasteiger partial charge >= 0.3 is 0 Å². The van der Waals surface area contributed by atoms with Crippen LogP contribution in [-0.4, -0.2) is 6.79 Å². The summed E-state index contributed by atoms with van der Waals surface area (Å²) in [5, 5.41) is 2.05. The van der Waals surface area contributed by atoms with E-state index in [0.29, 0.717) is 11.8 Å². The SMILES string of the molecule is Cc1ccc(N2OCO2)cc1Cl. The number of aryl methyl sites for hydroxylation is 1. The number of hydrogen-bond donors (Lipinski definition) is 0. The molecule has 0 amide bonds. The first kappa shape index (κ1) is 7.86. The molecule has 0 bridgehead atoms. The average Bonchev–Trinajstić information content (AvgIpc) is 1.93. The molecule has 1 saturated heterocycles. The maximum Gasteiger partial charge on any atom is 0.205 e. The van der Waals surface area contributed by atoms with Gasteiger partial charge in [0.2, 0.25) is 6.79 Å². The quantitative estimate of drug-likeness (QED) is 0.670. The Balaban J connectivity index is 2.27. The second kappa shape index (κ2) is 2.94. The third kappa shape index (κ3) is 1.27. The van der Waals surface area contributed by atoms with Crippen molar-refractivity contribution in [2.75, 3.05) is 12.0 Å². The summed E-state index contributed by atoms with van der Waals surface area (Å²) >= 11 is 5.90. The van der Waals surface area contributed by atoms with Crippen LogP contribution in [0.1, 0.15) is 5.56 Å². The molecular formula is C8H8ClNO2. The molecule has 64 valence electrons. The third-order valence-electron chi connectivity index (χ3n) is 1.71. The normalized spacial score (nSPS) is 16.0. The van der Waals surface area contributed by atoms with Gasteiger partial charge in [0, 0.05) is 5.02 Å². The van der Waals surface area contributed by atoms with Gasteiger partial charge in [0.15, 0.2) is 0 Å². The minimum Gasteiger partial charge on any atom is -0.217 e. The molecule has 1 aliphatic heterocycles. The molecule has 0 spiro atoms. The van der Waals surface area contributed by atoms with E-state index < -0.39 is 0 Å². The van der Waals surface area contributed by atoms with Gasteiger partial charge in [0.1, 0.15) is 0 Å². The fourth-order valence-corrected chi connectivity index (χ4v) is 1.12. The van der Waals surface area contributed by atoms with Crippen LogP contribution in [0.25, 0.3) is 0 Å². The van der Waals surface area contributed by atoms with Crippen molar-refractivity contribution in [3.8, 4) is 0 Å². The van der Waals surface area contributed by atoms with Crippen LogP contribution in [0.4, 0.5) is 5.69 Å². The molecule has 0 aliphatic carbocycles. The highest BCUT2D eigenvalue weighted by molar-refractivity contribution is 6.31. The molecule has 1 aromatic carbocycles. The molecule has 3 nitrogen and oxygen atoms in total. The molecule has 0 aromatic heterocycles. The Kier molecular flexibility index (Phi) is 1.92. The molecule has 1 aromatic rings. The number of benzene rings is 1. The minimum absolute atomic E-state index is 0.311. The lowest BCUT2D eigenvalue weighted by Gasteiger charge is -2.29. The number of nitrogens with zero attached hydrogens (tertiary/aromatic N) is 1. The smallest absolute Gasteiger partial charge is 0.205 e. The molecule has 1 aliphatic rings. The van der Waals surface area contributed by atoms with Crippen molar-refractivity contribution in [2.24, 2.45) is 0 Å². The zero-order valence-electron chi connectivity index (χ0n) is 6.58. The number of hydrogen-bond acceptors (Lipinski definition) is 3. The second-order valence-electron chi connectivity index (χ2n) is 2.57. The van der Waals surface area contributed by atoms with E-state index in [1.807, 2.05) is 19.1 Å². The molecule has 2 rings (SSSR count).